The Hall–Kier alpha value is -3.83. The number of nitrogens with two attached hydrogens (primary N) is 1. The largest absolute Gasteiger partial charge is 0.442 e. The zero-order valence-corrected chi connectivity index (χ0v) is 24.5. The molecule has 0 aliphatic rings. The number of oxazole rings is 1. The van der Waals surface area contributed by atoms with Gasteiger partial charge in [-0.2, -0.15) is 4.37 Å². The number of aromatic nitrogens is 4. The average Bonchev–Trinajstić information content (AvgIpc) is 3.57. The van der Waals surface area contributed by atoms with E-state index in [1.807, 2.05) is 54.5 Å². The Morgan fingerprint density at radius 2 is 1.85 bits per heavy atom. The van der Waals surface area contributed by atoms with E-state index in [0.717, 1.165) is 21.8 Å². The van der Waals surface area contributed by atoms with Gasteiger partial charge in [0.05, 0.1) is 34.4 Å². The van der Waals surface area contributed by atoms with Gasteiger partial charge in [-0.15, -0.1) is 0 Å². The van der Waals surface area contributed by atoms with Gasteiger partial charge in [-0.1, -0.05) is 11.6 Å². The molecule has 39 heavy (non-hydrogen) atoms. The number of rotatable bonds is 8. The molecule has 0 fully saturated rings. The van der Waals surface area contributed by atoms with Crippen molar-refractivity contribution in [3.8, 4) is 0 Å². The van der Waals surface area contributed by atoms with Gasteiger partial charge in [0.25, 0.3) is 5.91 Å². The van der Waals surface area contributed by atoms with E-state index >= 15 is 0 Å². The molecule has 0 bridgehead atoms. The maximum Gasteiger partial charge on any atom is 0.282 e. The van der Waals surface area contributed by atoms with Crippen LogP contribution in [0.5, 0.6) is 0 Å². The number of hydrogen-bond donors (Lipinski definition) is 2. The normalized spacial score (nSPS) is 12.6. The zero-order valence-electron chi connectivity index (χ0n) is 22.9. The van der Waals surface area contributed by atoms with Crippen LogP contribution in [0.25, 0.3) is 0 Å². The highest BCUT2D eigenvalue weighted by atomic mass is 35.5. The topological polar surface area (TPSA) is 137 Å². The number of amidine groups is 1. The number of nitrogens with one attached hydrogen (secondary N) is 1. The van der Waals surface area contributed by atoms with Crippen LogP contribution in [-0.4, -0.2) is 48.4 Å². The van der Waals surface area contributed by atoms with Gasteiger partial charge in [0, 0.05) is 29.0 Å². The third-order valence-electron chi connectivity index (χ3n) is 5.76. The van der Waals surface area contributed by atoms with Crippen molar-refractivity contribution >= 4 is 51.3 Å². The van der Waals surface area contributed by atoms with Crippen molar-refractivity contribution < 1.29 is 9.21 Å². The number of carbonyl (C=O) groups is 1. The van der Waals surface area contributed by atoms with Crippen molar-refractivity contribution in [3.05, 3.63) is 75.6 Å². The van der Waals surface area contributed by atoms with Crippen LogP contribution in [0.15, 0.2) is 45.3 Å². The molecular weight excluding hydrogens is 536 g/mol. The Morgan fingerprint density at radius 3 is 2.46 bits per heavy atom. The van der Waals surface area contributed by atoms with Crippen LogP contribution in [0.2, 0.25) is 5.02 Å². The minimum absolute atomic E-state index is 0.00913. The van der Waals surface area contributed by atoms with Gasteiger partial charge in [-0.25, -0.2) is 9.97 Å². The predicted molar refractivity (Wildman–Crippen MR) is 156 cm³/mol. The molecule has 0 saturated heterocycles. The number of halogens is 1. The molecule has 3 N–H and O–H groups in total. The first kappa shape index (κ1) is 28.2. The summed E-state index contributed by atoms with van der Waals surface area (Å²) < 4.78 is 11.5. The van der Waals surface area contributed by atoms with Crippen molar-refractivity contribution in [2.24, 2.45) is 15.7 Å². The van der Waals surface area contributed by atoms with Crippen molar-refractivity contribution in [3.63, 3.8) is 0 Å². The van der Waals surface area contributed by atoms with Gasteiger partial charge in [0.1, 0.15) is 22.2 Å². The summed E-state index contributed by atoms with van der Waals surface area (Å²) in [5.41, 5.74) is 11.3. The van der Waals surface area contributed by atoms with Crippen LogP contribution in [0.3, 0.4) is 0 Å². The first-order valence-corrected chi connectivity index (χ1v) is 13.6. The maximum absolute atomic E-state index is 13.7. The molecule has 0 saturated carbocycles. The standard InChI is InChI=1S/C27H31ClN8O2S/c1-13(2)32-23(21-11-30-12-38-21)19-8-15(5)36(17(19)7)27(37)24-20(28)9-18(10-31-24)34-26-22(16(6)35-39-26)25(29)33-14(3)4/h8-14,34H,1-7H3,(H2,29,33). The lowest BCUT2D eigenvalue weighted by Gasteiger charge is -2.12. The van der Waals surface area contributed by atoms with Gasteiger partial charge in [0.2, 0.25) is 0 Å². The third-order valence-corrected chi connectivity index (χ3v) is 6.90. The number of anilines is 2. The number of aryl methyl sites for hydroxylation is 2. The molecule has 4 rings (SSSR count). The number of pyridine rings is 1. The monoisotopic (exact) mass is 566 g/mol. The van der Waals surface area contributed by atoms with Crippen LogP contribution in [-0.2, 0) is 0 Å². The first-order valence-electron chi connectivity index (χ1n) is 12.4. The van der Waals surface area contributed by atoms with E-state index in [9.17, 15) is 4.79 Å². The molecule has 0 unspecified atom stereocenters. The van der Waals surface area contributed by atoms with Gasteiger partial charge >= 0.3 is 0 Å². The lowest BCUT2D eigenvalue weighted by Crippen LogP contribution is -2.18. The molecule has 10 nitrogen and oxygen atoms in total. The van der Waals surface area contributed by atoms with Crippen LogP contribution in [0.4, 0.5) is 10.7 Å². The van der Waals surface area contributed by atoms with E-state index in [4.69, 9.17) is 26.7 Å². The minimum atomic E-state index is -0.350. The number of nitrogens with zero attached hydrogens (tertiary/aromatic N) is 6. The molecule has 0 aliphatic carbocycles. The van der Waals surface area contributed by atoms with E-state index in [1.165, 1.54) is 17.9 Å². The fourth-order valence-electron chi connectivity index (χ4n) is 4.17. The second kappa shape index (κ2) is 11.5. The first-order chi connectivity index (χ1) is 18.5. The molecule has 0 aliphatic heterocycles. The van der Waals surface area contributed by atoms with E-state index < -0.39 is 0 Å². The molecule has 0 radical (unpaired) electrons. The van der Waals surface area contributed by atoms with Crippen molar-refractivity contribution in [2.45, 2.75) is 60.5 Å². The van der Waals surface area contributed by atoms with Gasteiger partial charge in [0.15, 0.2) is 12.2 Å². The fourth-order valence-corrected chi connectivity index (χ4v) is 5.25. The molecule has 12 heteroatoms. The summed E-state index contributed by atoms with van der Waals surface area (Å²) in [5.74, 6) is 0.585. The Kier molecular flexibility index (Phi) is 8.31. The summed E-state index contributed by atoms with van der Waals surface area (Å²) in [7, 11) is 0. The molecule has 0 spiro atoms. The van der Waals surface area contributed by atoms with Crippen LogP contribution >= 0.6 is 23.1 Å². The molecule has 0 aromatic carbocycles. The lowest BCUT2D eigenvalue weighted by molar-refractivity contribution is 0.0951. The number of carbonyl (C=O) groups excluding carboxylic acids is 1. The average molecular weight is 567 g/mol. The van der Waals surface area contributed by atoms with Gasteiger partial charge in [-0.05, 0) is 72.1 Å². The molecule has 4 aromatic rings. The van der Waals surface area contributed by atoms with E-state index in [1.54, 1.807) is 23.0 Å². The molecule has 4 heterocycles. The van der Waals surface area contributed by atoms with Crippen molar-refractivity contribution in [2.75, 3.05) is 5.32 Å². The van der Waals surface area contributed by atoms with Crippen LogP contribution in [0.1, 0.15) is 72.2 Å². The molecular formula is C27H31ClN8O2S. The molecule has 4 aromatic heterocycles. The summed E-state index contributed by atoms with van der Waals surface area (Å²) in [5, 5.41) is 4.19. The van der Waals surface area contributed by atoms with Crippen LogP contribution in [0, 0.1) is 20.8 Å². The Morgan fingerprint density at radius 1 is 1.13 bits per heavy atom. The second-order valence-electron chi connectivity index (χ2n) is 9.62. The second-order valence-corrected chi connectivity index (χ2v) is 10.8. The molecule has 204 valence electrons. The van der Waals surface area contributed by atoms with E-state index in [-0.39, 0.29) is 28.7 Å². The van der Waals surface area contributed by atoms with Gasteiger partial charge in [-0.3, -0.25) is 19.3 Å². The molecule has 0 atom stereocenters. The van der Waals surface area contributed by atoms with E-state index in [0.29, 0.717) is 34.4 Å². The van der Waals surface area contributed by atoms with Crippen LogP contribution < -0.4 is 11.1 Å². The van der Waals surface area contributed by atoms with Gasteiger partial charge < -0.3 is 15.5 Å². The number of hydrogen-bond acceptors (Lipinski definition) is 9. The Bertz CT molecular complexity index is 1560. The fraction of sp³-hybridized carbons (Fsp3) is 0.333. The number of aliphatic imine (C=N–C) groups is 2. The summed E-state index contributed by atoms with van der Waals surface area (Å²) in [6, 6.07) is 3.61. The SMILES string of the molecule is Cc1nsc(Nc2cnc(C(=O)n3c(C)cc(C(=NC(C)C)c4cnco4)c3C)c(Cl)c2)c1C(N)=NC(C)C. The maximum atomic E-state index is 13.7. The van der Waals surface area contributed by atoms with Crippen molar-refractivity contribution in [1.29, 1.82) is 0 Å². The Balaban J connectivity index is 1.66. The van der Waals surface area contributed by atoms with E-state index in [2.05, 4.69) is 24.7 Å². The highest BCUT2D eigenvalue weighted by molar-refractivity contribution is 7.10. The zero-order chi connectivity index (χ0) is 28.4. The van der Waals surface area contributed by atoms with Crippen molar-refractivity contribution in [1.82, 2.24) is 18.9 Å². The summed E-state index contributed by atoms with van der Waals surface area (Å²) in [6.45, 7) is 13.4. The summed E-state index contributed by atoms with van der Waals surface area (Å²) in [6.07, 6.45) is 4.53. The summed E-state index contributed by atoms with van der Waals surface area (Å²) >= 11 is 7.86. The molecule has 0 amide bonds. The highest BCUT2D eigenvalue weighted by Crippen LogP contribution is 2.30. The summed E-state index contributed by atoms with van der Waals surface area (Å²) in [4.78, 5) is 31.3. The predicted octanol–water partition coefficient (Wildman–Crippen LogP) is 5.70. The lowest BCUT2D eigenvalue weighted by atomic mass is 10.1. The Labute approximate surface area is 236 Å². The highest BCUT2D eigenvalue weighted by Gasteiger charge is 2.24. The quantitative estimate of drug-likeness (QED) is 0.206. The minimum Gasteiger partial charge on any atom is -0.442 e. The smallest absolute Gasteiger partial charge is 0.282 e. The third kappa shape index (κ3) is 5.94.